The number of imide groups is 2. The Morgan fingerprint density at radius 1 is 0.965 bits per heavy atom. The lowest BCUT2D eigenvalue weighted by molar-refractivity contribution is -0.171. The van der Waals surface area contributed by atoms with Crippen molar-refractivity contribution in [1.82, 2.24) is 29.6 Å². The van der Waals surface area contributed by atoms with Crippen molar-refractivity contribution >= 4 is 34.4 Å². The Bertz CT molecular complexity index is 2310. The first-order valence-electron chi connectivity index (χ1n) is 19.0. The molecule has 8 rings (SSSR count). The number of carbonyl (C=O) groups is 4. The van der Waals surface area contributed by atoms with E-state index in [2.05, 4.69) is 15.2 Å². The van der Waals surface area contributed by atoms with Crippen molar-refractivity contribution in [3.05, 3.63) is 82.0 Å². The van der Waals surface area contributed by atoms with Gasteiger partial charge in [0.05, 0.1) is 48.5 Å². The first-order chi connectivity index (χ1) is 27.5. The molecule has 0 bridgehead atoms. The van der Waals surface area contributed by atoms with Gasteiger partial charge in [-0.15, -0.1) is 0 Å². The van der Waals surface area contributed by atoms with Crippen LogP contribution in [-0.4, -0.2) is 124 Å². The summed E-state index contributed by atoms with van der Waals surface area (Å²) < 4.78 is 25.8. The highest BCUT2D eigenvalue weighted by Gasteiger charge is 2.46. The number of rotatable bonds is 10. The molecule has 2 unspecified atom stereocenters. The van der Waals surface area contributed by atoms with E-state index in [1.165, 1.54) is 6.07 Å². The second-order valence-corrected chi connectivity index (χ2v) is 14.9. The van der Waals surface area contributed by atoms with Crippen LogP contribution in [0.5, 0.6) is 17.2 Å². The molecular formula is C41H44N6O10. The number of benzene rings is 2. The van der Waals surface area contributed by atoms with E-state index in [4.69, 9.17) is 18.9 Å². The van der Waals surface area contributed by atoms with Gasteiger partial charge in [0.2, 0.25) is 11.8 Å². The van der Waals surface area contributed by atoms with Crippen molar-refractivity contribution < 1.29 is 43.2 Å². The van der Waals surface area contributed by atoms with E-state index >= 15 is 0 Å². The fourth-order valence-corrected chi connectivity index (χ4v) is 8.48. The number of aliphatic hydroxyl groups excluding tert-OH is 1. The zero-order chi connectivity index (χ0) is 40.0. The molecule has 2 aromatic carbocycles. The molecule has 6 heterocycles. The van der Waals surface area contributed by atoms with E-state index in [-0.39, 0.29) is 41.9 Å². The Balaban J connectivity index is 0.913. The topological polar surface area (TPSA) is 182 Å². The maximum atomic E-state index is 13.5. The van der Waals surface area contributed by atoms with Gasteiger partial charge < -0.3 is 28.6 Å². The van der Waals surface area contributed by atoms with Crippen LogP contribution in [0, 0.1) is 0 Å². The summed E-state index contributed by atoms with van der Waals surface area (Å²) in [6.45, 7) is 3.23. The number of nitrogens with zero attached hydrogens (tertiary/aromatic N) is 5. The number of ether oxygens (including phenoxy) is 4. The number of carbonyl (C=O) groups excluding carboxylic acids is 4. The van der Waals surface area contributed by atoms with Crippen LogP contribution in [0.1, 0.15) is 52.0 Å². The molecule has 16 nitrogen and oxygen atoms in total. The summed E-state index contributed by atoms with van der Waals surface area (Å²) >= 11 is 0. The van der Waals surface area contributed by atoms with Crippen LogP contribution in [0.2, 0.25) is 0 Å². The minimum Gasteiger partial charge on any atom is -0.496 e. The second-order valence-electron chi connectivity index (χ2n) is 14.9. The van der Waals surface area contributed by atoms with Crippen LogP contribution in [-0.2, 0) is 27.9 Å². The SMILES string of the molecule is COc1cc(-c2cn(C)c(=O)c3cnccc23)cc(OC)c1CN1CCC2(CC1)CN(C(O)COc1cccc3c1C(=O)N(C1CCC(=O)NC1=O)C3=O)CCO2. The third kappa shape index (κ3) is 7.03. The van der Waals surface area contributed by atoms with Crippen LogP contribution in [0.25, 0.3) is 21.9 Å². The lowest BCUT2D eigenvalue weighted by Gasteiger charge is -2.48. The Morgan fingerprint density at radius 2 is 1.72 bits per heavy atom. The summed E-state index contributed by atoms with van der Waals surface area (Å²) in [4.78, 5) is 73.0. The zero-order valence-corrected chi connectivity index (χ0v) is 32.0. The van der Waals surface area contributed by atoms with Gasteiger partial charge in [-0.25, -0.2) is 0 Å². The number of nitrogens with one attached hydrogen (secondary N) is 1. The molecule has 1 spiro atoms. The van der Waals surface area contributed by atoms with E-state index in [1.807, 2.05) is 29.3 Å². The normalized spacial score (nSPS) is 20.5. The Hall–Kier alpha value is -5.68. The molecule has 3 saturated heterocycles. The van der Waals surface area contributed by atoms with E-state index in [9.17, 15) is 29.1 Å². The van der Waals surface area contributed by atoms with Gasteiger partial charge >= 0.3 is 0 Å². The van der Waals surface area contributed by atoms with Gasteiger partial charge in [0.1, 0.15) is 36.1 Å². The van der Waals surface area contributed by atoms with Crippen molar-refractivity contribution in [2.24, 2.45) is 7.05 Å². The summed E-state index contributed by atoms with van der Waals surface area (Å²) in [5.41, 5.74) is 2.15. The highest BCUT2D eigenvalue weighted by atomic mass is 16.5. The predicted octanol–water partition coefficient (Wildman–Crippen LogP) is 2.08. The number of hydrogen-bond donors (Lipinski definition) is 2. The first kappa shape index (κ1) is 38.2. The molecule has 4 amide bonds. The monoisotopic (exact) mass is 780 g/mol. The Labute approximate surface area is 327 Å². The van der Waals surface area contributed by atoms with Crippen molar-refractivity contribution in [2.75, 3.05) is 53.6 Å². The van der Waals surface area contributed by atoms with Crippen LogP contribution in [0.15, 0.2) is 59.8 Å². The predicted molar refractivity (Wildman–Crippen MR) is 205 cm³/mol. The minimum atomic E-state index is -1.09. The molecule has 4 aromatic rings. The molecule has 2 N–H and O–H groups in total. The molecule has 57 heavy (non-hydrogen) atoms. The smallest absolute Gasteiger partial charge is 0.266 e. The average Bonchev–Trinajstić information content (AvgIpc) is 3.48. The third-order valence-corrected chi connectivity index (χ3v) is 11.6. The highest BCUT2D eigenvalue weighted by molar-refractivity contribution is 6.24. The number of aromatic nitrogens is 2. The first-order valence-corrected chi connectivity index (χ1v) is 19.0. The summed E-state index contributed by atoms with van der Waals surface area (Å²) in [7, 11) is 4.99. The van der Waals surface area contributed by atoms with Crippen molar-refractivity contribution in [3.8, 4) is 28.4 Å². The molecule has 4 aliphatic rings. The molecule has 3 fully saturated rings. The standard InChI is InChI=1S/C41H44N6O10/c1-44-20-28(25-9-12-42-19-27(25)38(44)51)24-17-32(54-2)29(33(18-24)55-3)21-45-13-10-41(11-14-45)23-46(15-16-57-41)35(49)22-56-31-6-4-5-26-36(31)40(53)47(39(26)52)30-7-8-34(48)43-37(30)50/h4-6,9,12,17-20,30,35,49H,7-8,10-11,13-16,21-23H2,1-3H3,(H,43,48,50). The molecule has 2 atom stereocenters. The molecule has 0 radical (unpaired) electrons. The maximum absolute atomic E-state index is 13.5. The highest BCUT2D eigenvalue weighted by Crippen LogP contribution is 2.40. The summed E-state index contributed by atoms with van der Waals surface area (Å²) in [6.07, 6.45) is 5.56. The van der Waals surface area contributed by atoms with Gasteiger partial charge in [-0.2, -0.15) is 0 Å². The number of fused-ring (bicyclic) bond motifs is 2. The molecule has 0 aliphatic carbocycles. The fourth-order valence-electron chi connectivity index (χ4n) is 8.48. The number of aliphatic hydroxyl groups is 1. The molecule has 2 aromatic heterocycles. The number of morpholine rings is 1. The largest absolute Gasteiger partial charge is 0.496 e. The second kappa shape index (κ2) is 15.3. The molecule has 298 valence electrons. The van der Waals surface area contributed by atoms with Crippen LogP contribution < -0.4 is 25.1 Å². The minimum absolute atomic E-state index is 0.0208. The third-order valence-electron chi connectivity index (χ3n) is 11.6. The quantitative estimate of drug-likeness (QED) is 0.224. The average molecular weight is 781 g/mol. The van der Waals surface area contributed by atoms with Gasteiger partial charge in [-0.05, 0) is 60.5 Å². The van der Waals surface area contributed by atoms with Crippen molar-refractivity contribution in [2.45, 2.75) is 50.1 Å². The molecule has 16 heteroatoms. The van der Waals surface area contributed by atoms with Gasteiger partial charge in [0.25, 0.3) is 17.4 Å². The van der Waals surface area contributed by atoms with Gasteiger partial charge in [0, 0.05) is 70.3 Å². The fraction of sp³-hybridized carbons (Fsp3) is 0.415. The Kier molecular flexibility index (Phi) is 10.3. The van der Waals surface area contributed by atoms with Crippen molar-refractivity contribution in [3.63, 3.8) is 0 Å². The molecule has 0 saturated carbocycles. The zero-order valence-electron chi connectivity index (χ0n) is 32.0. The number of aryl methyl sites for hydroxylation is 1. The van der Waals surface area contributed by atoms with Crippen molar-refractivity contribution in [1.29, 1.82) is 0 Å². The van der Waals surface area contributed by atoms with E-state index in [0.717, 1.165) is 52.9 Å². The van der Waals surface area contributed by atoms with E-state index < -0.39 is 41.5 Å². The van der Waals surface area contributed by atoms with Gasteiger partial charge in [-0.3, -0.25) is 49.0 Å². The number of likely N-dealkylation sites (tertiary alicyclic amines) is 1. The lowest BCUT2D eigenvalue weighted by Crippen LogP contribution is -2.59. The number of piperidine rings is 2. The number of hydrogen-bond acceptors (Lipinski definition) is 13. The van der Waals surface area contributed by atoms with Gasteiger partial charge in [0.15, 0.2) is 0 Å². The van der Waals surface area contributed by atoms with Crippen LogP contribution >= 0.6 is 0 Å². The maximum Gasteiger partial charge on any atom is 0.266 e. The van der Waals surface area contributed by atoms with Crippen LogP contribution in [0.4, 0.5) is 0 Å². The van der Waals surface area contributed by atoms with Crippen LogP contribution in [0.3, 0.4) is 0 Å². The van der Waals surface area contributed by atoms with E-state index in [0.29, 0.717) is 43.1 Å². The number of amides is 4. The summed E-state index contributed by atoms with van der Waals surface area (Å²) in [6, 6.07) is 9.34. The number of methoxy groups -OCH3 is 2. The molecule has 4 aliphatic heterocycles. The summed E-state index contributed by atoms with van der Waals surface area (Å²) in [5, 5.41) is 14.8. The Morgan fingerprint density at radius 3 is 2.44 bits per heavy atom. The van der Waals surface area contributed by atoms with E-state index in [1.54, 1.807) is 50.4 Å². The molecular weight excluding hydrogens is 736 g/mol. The lowest BCUT2D eigenvalue weighted by atomic mass is 9.89. The summed E-state index contributed by atoms with van der Waals surface area (Å²) in [5.74, 6) is -0.962. The number of pyridine rings is 2. The van der Waals surface area contributed by atoms with Gasteiger partial charge in [-0.1, -0.05) is 6.07 Å².